The third kappa shape index (κ3) is 3.36. The summed E-state index contributed by atoms with van der Waals surface area (Å²) in [4.78, 5) is 10.2. The Kier molecular flexibility index (Phi) is 3.81. The van der Waals surface area contributed by atoms with Crippen molar-refractivity contribution >= 4 is 12.0 Å². The van der Waals surface area contributed by atoms with Crippen molar-refractivity contribution in [2.45, 2.75) is 6.42 Å². The molecular weight excluding hydrogens is 188 g/mol. The molecule has 1 N–H and O–H groups in total. The summed E-state index contributed by atoms with van der Waals surface area (Å²) < 4.78 is 9.90. The summed E-state index contributed by atoms with van der Waals surface area (Å²) in [5.74, 6) is -0.447. The van der Waals surface area contributed by atoms with Crippen LogP contribution in [-0.2, 0) is 16.0 Å². The summed E-state index contributed by atoms with van der Waals surface area (Å²) in [6.45, 7) is 0.490. The molecule has 1 aromatic rings. The molecule has 0 amide bonds. The van der Waals surface area contributed by atoms with Gasteiger partial charge in [0.2, 0.25) is 11.8 Å². The molecule has 0 bridgehead atoms. The molecular formula is C8H10N2O4. The topological polar surface area (TPSA) is 85.5 Å². The minimum atomic E-state index is -1.05. The van der Waals surface area contributed by atoms with E-state index in [0.717, 1.165) is 6.08 Å². The number of aliphatic carboxylic acids is 1. The van der Waals surface area contributed by atoms with E-state index in [1.807, 2.05) is 0 Å². The van der Waals surface area contributed by atoms with Gasteiger partial charge in [-0.3, -0.25) is 0 Å². The SMILES string of the molecule is COCCc1nnc(/C=C/C(=O)O)o1. The Balaban J connectivity index is 2.54. The van der Waals surface area contributed by atoms with Crippen molar-refractivity contribution in [3.63, 3.8) is 0 Å². The van der Waals surface area contributed by atoms with E-state index in [9.17, 15) is 4.79 Å². The van der Waals surface area contributed by atoms with E-state index in [1.54, 1.807) is 7.11 Å². The minimum absolute atomic E-state index is 0.179. The molecule has 14 heavy (non-hydrogen) atoms. The van der Waals surface area contributed by atoms with Crippen LogP contribution in [0.2, 0.25) is 0 Å². The molecule has 0 aliphatic rings. The standard InChI is InChI=1S/C8H10N2O4/c1-13-5-4-7-10-9-6(14-7)2-3-8(11)12/h2-3H,4-5H2,1H3,(H,11,12)/b3-2+. The highest BCUT2D eigenvalue weighted by atomic mass is 16.5. The highest BCUT2D eigenvalue weighted by molar-refractivity contribution is 5.84. The Hall–Kier alpha value is -1.69. The van der Waals surface area contributed by atoms with Crippen molar-refractivity contribution in [1.82, 2.24) is 10.2 Å². The molecule has 6 nitrogen and oxygen atoms in total. The van der Waals surface area contributed by atoms with Crippen molar-refractivity contribution < 1.29 is 19.1 Å². The van der Waals surface area contributed by atoms with E-state index < -0.39 is 5.97 Å². The van der Waals surface area contributed by atoms with Crippen molar-refractivity contribution in [3.8, 4) is 0 Å². The molecule has 0 aliphatic heterocycles. The Morgan fingerprint density at radius 2 is 2.43 bits per heavy atom. The van der Waals surface area contributed by atoms with Gasteiger partial charge in [-0.25, -0.2) is 4.79 Å². The maximum atomic E-state index is 10.2. The first-order valence-corrected chi connectivity index (χ1v) is 3.94. The van der Waals surface area contributed by atoms with Gasteiger partial charge in [0.25, 0.3) is 0 Å². The maximum Gasteiger partial charge on any atom is 0.328 e. The monoisotopic (exact) mass is 198 g/mol. The van der Waals surface area contributed by atoms with Crippen LogP contribution in [0, 0.1) is 0 Å². The molecule has 6 heteroatoms. The third-order valence-corrected chi connectivity index (χ3v) is 1.37. The van der Waals surface area contributed by atoms with Gasteiger partial charge in [-0.15, -0.1) is 10.2 Å². The zero-order chi connectivity index (χ0) is 10.4. The van der Waals surface area contributed by atoms with Gasteiger partial charge in [-0.2, -0.15) is 0 Å². The summed E-state index contributed by atoms with van der Waals surface area (Å²) in [6, 6.07) is 0. The second-order valence-corrected chi connectivity index (χ2v) is 2.45. The summed E-state index contributed by atoms with van der Waals surface area (Å²) >= 11 is 0. The lowest BCUT2D eigenvalue weighted by molar-refractivity contribution is -0.131. The summed E-state index contributed by atoms with van der Waals surface area (Å²) in [6.07, 6.45) is 2.70. The number of nitrogens with zero attached hydrogens (tertiary/aromatic N) is 2. The lowest BCUT2D eigenvalue weighted by Crippen LogP contribution is -1.93. The zero-order valence-corrected chi connectivity index (χ0v) is 7.64. The molecule has 1 heterocycles. The summed E-state index contributed by atoms with van der Waals surface area (Å²) in [5.41, 5.74) is 0. The number of carboxylic acid groups (broad SMARTS) is 1. The first-order chi connectivity index (χ1) is 6.72. The number of carbonyl (C=O) groups is 1. The van der Waals surface area contributed by atoms with Crippen LogP contribution in [0.3, 0.4) is 0 Å². The summed E-state index contributed by atoms with van der Waals surface area (Å²) in [5, 5.41) is 15.6. The highest BCUT2D eigenvalue weighted by Crippen LogP contribution is 2.02. The Bertz CT molecular complexity index is 332. The number of hydrogen-bond donors (Lipinski definition) is 1. The third-order valence-electron chi connectivity index (χ3n) is 1.37. The van der Waals surface area contributed by atoms with E-state index in [-0.39, 0.29) is 5.89 Å². The van der Waals surface area contributed by atoms with Gasteiger partial charge >= 0.3 is 5.97 Å². The van der Waals surface area contributed by atoms with Crippen LogP contribution in [0.1, 0.15) is 11.8 Å². The van der Waals surface area contributed by atoms with Crippen LogP contribution in [0.15, 0.2) is 10.5 Å². The molecule has 0 aromatic carbocycles. The molecule has 76 valence electrons. The van der Waals surface area contributed by atoms with Gasteiger partial charge in [-0.1, -0.05) is 0 Å². The molecule has 0 radical (unpaired) electrons. The molecule has 0 fully saturated rings. The average molecular weight is 198 g/mol. The van der Waals surface area contributed by atoms with Crippen LogP contribution < -0.4 is 0 Å². The molecule has 1 aromatic heterocycles. The molecule has 0 spiro atoms. The predicted molar refractivity (Wildman–Crippen MR) is 46.5 cm³/mol. The Morgan fingerprint density at radius 1 is 1.64 bits per heavy atom. The normalized spacial score (nSPS) is 10.9. The molecule has 0 atom stereocenters. The number of methoxy groups -OCH3 is 1. The van der Waals surface area contributed by atoms with E-state index in [1.165, 1.54) is 6.08 Å². The fourth-order valence-corrected chi connectivity index (χ4v) is 0.767. The number of hydrogen-bond acceptors (Lipinski definition) is 5. The second kappa shape index (κ2) is 5.13. The van der Waals surface area contributed by atoms with E-state index in [2.05, 4.69) is 10.2 Å². The van der Waals surface area contributed by atoms with Gasteiger partial charge < -0.3 is 14.3 Å². The fourth-order valence-electron chi connectivity index (χ4n) is 0.767. The van der Waals surface area contributed by atoms with Crippen LogP contribution in [-0.4, -0.2) is 35.0 Å². The predicted octanol–water partition coefficient (Wildman–Crippen LogP) is 0.356. The smallest absolute Gasteiger partial charge is 0.328 e. The van der Waals surface area contributed by atoms with Crippen LogP contribution in [0.25, 0.3) is 6.08 Å². The van der Waals surface area contributed by atoms with Gasteiger partial charge in [-0.05, 0) is 0 Å². The first kappa shape index (κ1) is 10.4. The van der Waals surface area contributed by atoms with E-state index >= 15 is 0 Å². The van der Waals surface area contributed by atoms with Gasteiger partial charge in [0, 0.05) is 25.7 Å². The zero-order valence-electron chi connectivity index (χ0n) is 7.64. The lowest BCUT2D eigenvalue weighted by atomic mass is 10.4. The minimum Gasteiger partial charge on any atom is -0.478 e. The van der Waals surface area contributed by atoms with Gasteiger partial charge in [0.1, 0.15) is 0 Å². The number of aromatic nitrogens is 2. The molecule has 1 rings (SSSR count). The first-order valence-electron chi connectivity index (χ1n) is 3.94. The maximum absolute atomic E-state index is 10.2. The van der Waals surface area contributed by atoms with Crippen molar-refractivity contribution in [3.05, 3.63) is 17.9 Å². The second-order valence-electron chi connectivity index (χ2n) is 2.45. The molecule has 0 unspecified atom stereocenters. The molecule has 0 saturated heterocycles. The quantitative estimate of drug-likeness (QED) is 0.687. The van der Waals surface area contributed by atoms with Crippen LogP contribution in [0.4, 0.5) is 0 Å². The highest BCUT2D eigenvalue weighted by Gasteiger charge is 2.02. The van der Waals surface area contributed by atoms with Gasteiger partial charge in [0.15, 0.2) is 0 Å². The van der Waals surface area contributed by atoms with Gasteiger partial charge in [0.05, 0.1) is 6.61 Å². The number of ether oxygens (including phenoxy) is 1. The van der Waals surface area contributed by atoms with Crippen molar-refractivity contribution in [1.29, 1.82) is 0 Å². The largest absolute Gasteiger partial charge is 0.478 e. The van der Waals surface area contributed by atoms with Crippen molar-refractivity contribution in [2.24, 2.45) is 0 Å². The lowest BCUT2D eigenvalue weighted by Gasteiger charge is -1.90. The van der Waals surface area contributed by atoms with Crippen LogP contribution in [0.5, 0.6) is 0 Å². The van der Waals surface area contributed by atoms with E-state index in [0.29, 0.717) is 18.9 Å². The van der Waals surface area contributed by atoms with Crippen LogP contribution >= 0.6 is 0 Å². The Labute approximate surface area is 80.2 Å². The van der Waals surface area contributed by atoms with Crippen molar-refractivity contribution in [2.75, 3.05) is 13.7 Å². The molecule has 0 saturated carbocycles. The Morgan fingerprint density at radius 3 is 3.07 bits per heavy atom. The number of carboxylic acids is 1. The summed E-state index contributed by atoms with van der Waals surface area (Å²) in [7, 11) is 1.57. The van der Waals surface area contributed by atoms with E-state index in [4.69, 9.17) is 14.3 Å². The number of rotatable bonds is 5. The fraction of sp³-hybridized carbons (Fsp3) is 0.375. The average Bonchev–Trinajstić information content (AvgIpc) is 2.59. The molecule has 0 aliphatic carbocycles.